The Balaban J connectivity index is 2.53. The number of hydrogen-bond acceptors (Lipinski definition) is 5. The standard InChI is InChI=1S/C10H14N4O2S/c1-7-8(5-11)9(12)14(13-7)10(2)3-4-17(15,16)6-10/h3-4,6,12H2,1-2H3. The molecule has 0 aromatic carbocycles. The average Bonchev–Trinajstić information content (AvgIpc) is 2.66. The first-order valence-electron chi connectivity index (χ1n) is 5.25. The highest BCUT2D eigenvalue weighted by atomic mass is 32.2. The van der Waals surface area contributed by atoms with E-state index < -0.39 is 15.4 Å². The molecule has 1 fully saturated rings. The molecule has 1 aromatic heterocycles. The van der Waals surface area contributed by atoms with E-state index >= 15 is 0 Å². The molecule has 0 amide bonds. The normalized spacial score (nSPS) is 26.9. The first-order valence-corrected chi connectivity index (χ1v) is 7.07. The van der Waals surface area contributed by atoms with E-state index in [2.05, 4.69) is 5.10 Å². The molecule has 0 radical (unpaired) electrons. The van der Waals surface area contributed by atoms with Crippen molar-refractivity contribution in [2.45, 2.75) is 25.8 Å². The molecule has 2 N–H and O–H groups in total. The van der Waals surface area contributed by atoms with E-state index in [1.807, 2.05) is 13.0 Å². The zero-order valence-electron chi connectivity index (χ0n) is 9.77. The molecule has 0 aliphatic carbocycles. The number of aromatic nitrogens is 2. The van der Waals surface area contributed by atoms with Crippen LogP contribution in [0.4, 0.5) is 5.82 Å². The molecule has 92 valence electrons. The fraction of sp³-hybridized carbons (Fsp3) is 0.600. The minimum atomic E-state index is -3.03. The zero-order valence-corrected chi connectivity index (χ0v) is 10.6. The van der Waals surface area contributed by atoms with E-state index in [1.54, 1.807) is 6.92 Å². The molecule has 2 rings (SSSR count). The second-order valence-corrected chi connectivity index (χ2v) is 6.89. The third-order valence-electron chi connectivity index (χ3n) is 3.20. The summed E-state index contributed by atoms with van der Waals surface area (Å²) in [5.41, 5.74) is 6.08. The highest BCUT2D eigenvalue weighted by molar-refractivity contribution is 7.91. The number of nitriles is 1. The molecule has 0 saturated carbocycles. The lowest BCUT2D eigenvalue weighted by atomic mass is 10.0. The molecule has 0 bridgehead atoms. The lowest BCUT2D eigenvalue weighted by molar-refractivity contribution is 0.333. The predicted octanol–water partition coefficient (Wildman–Crippen LogP) is 0.179. The van der Waals surface area contributed by atoms with Gasteiger partial charge in [0.1, 0.15) is 17.5 Å². The zero-order chi connectivity index (χ0) is 12.8. The van der Waals surface area contributed by atoms with Crippen molar-refractivity contribution in [3.05, 3.63) is 11.3 Å². The Hall–Kier alpha value is -1.55. The monoisotopic (exact) mass is 254 g/mol. The lowest BCUT2D eigenvalue weighted by Gasteiger charge is -2.24. The molecule has 1 atom stereocenters. The molecule has 2 heterocycles. The number of rotatable bonds is 1. The SMILES string of the molecule is Cc1nn(C2(C)CCS(=O)(=O)C2)c(N)c1C#N. The third-order valence-corrected chi connectivity index (χ3v) is 5.09. The van der Waals surface area contributed by atoms with Crippen molar-refractivity contribution >= 4 is 15.7 Å². The Morgan fingerprint density at radius 2 is 2.24 bits per heavy atom. The predicted molar refractivity (Wildman–Crippen MR) is 63.0 cm³/mol. The molecule has 17 heavy (non-hydrogen) atoms. The molecular weight excluding hydrogens is 240 g/mol. The van der Waals surface area contributed by atoms with Crippen molar-refractivity contribution in [1.29, 1.82) is 5.26 Å². The second-order valence-electron chi connectivity index (χ2n) is 4.71. The molecule has 0 spiro atoms. The van der Waals surface area contributed by atoms with Crippen LogP contribution in [-0.4, -0.2) is 29.7 Å². The van der Waals surface area contributed by atoms with E-state index in [1.165, 1.54) is 4.68 Å². The summed E-state index contributed by atoms with van der Waals surface area (Å²) < 4.78 is 24.6. The van der Waals surface area contributed by atoms with Crippen LogP contribution in [0.25, 0.3) is 0 Å². The maximum Gasteiger partial charge on any atom is 0.152 e. The number of nitrogens with zero attached hydrogens (tertiary/aromatic N) is 3. The second kappa shape index (κ2) is 3.47. The number of aryl methyl sites for hydroxylation is 1. The van der Waals surface area contributed by atoms with Crippen molar-refractivity contribution in [2.24, 2.45) is 0 Å². The van der Waals surface area contributed by atoms with Crippen molar-refractivity contribution in [3.63, 3.8) is 0 Å². The van der Waals surface area contributed by atoms with Gasteiger partial charge in [0.2, 0.25) is 0 Å². The van der Waals surface area contributed by atoms with E-state index in [-0.39, 0.29) is 17.3 Å². The topological polar surface area (TPSA) is 102 Å². The van der Waals surface area contributed by atoms with Crippen LogP contribution in [0.2, 0.25) is 0 Å². The van der Waals surface area contributed by atoms with E-state index in [0.29, 0.717) is 17.7 Å². The van der Waals surface area contributed by atoms with Crippen LogP contribution in [-0.2, 0) is 15.4 Å². The van der Waals surface area contributed by atoms with Gasteiger partial charge in [0.05, 0.1) is 22.7 Å². The van der Waals surface area contributed by atoms with Crippen LogP contribution in [0.1, 0.15) is 24.6 Å². The number of anilines is 1. The number of nitrogen functional groups attached to an aromatic ring is 1. The molecule has 6 nitrogen and oxygen atoms in total. The van der Waals surface area contributed by atoms with E-state index in [9.17, 15) is 8.42 Å². The van der Waals surface area contributed by atoms with Crippen LogP contribution >= 0.6 is 0 Å². The summed E-state index contributed by atoms with van der Waals surface area (Å²) in [6, 6.07) is 1.99. The van der Waals surface area contributed by atoms with Gasteiger partial charge in [-0.25, -0.2) is 13.1 Å². The molecule has 1 unspecified atom stereocenters. The van der Waals surface area contributed by atoms with Gasteiger partial charge in [0.25, 0.3) is 0 Å². The largest absolute Gasteiger partial charge is 0.383 e. The highest BCUT2D eigenvalue weighted by Gasteiger charge is 2.42. The third kappa shape index (κ3) is 1.78. The van der Waals surface area contributed by atoms with Crippen LogP contribution in [0.3, 0.4) is 0 Å². The fourth-order valence-corrected chi connectivity index (χ4v) is 4.36. The number of sulfone groups is 1. The summed E-state index contributed by atoms with van der Waals surface area (Å²) >= 11 is 0. The first-order chi connectivity index (χ1) is 7.79. The van der Waals surface area contributed by atoms with Crippen LogP contribution in [0, 0.1) is 18.3 Å². The van der Waals surface area contributed by atoms with Gasteiger partial charge in [0.15, 0.2) is 9.84 Å². The minimum absolute atomic E-state index is 0.0240. The molecule has 7 heteroatoms. The van der Waals surface area contributed by atoms with Crippen LogP contribution in [0.15, 0.2) is 0 Å². The Bertz CT molecular complexity index is 611. The van der Waals surface area contributed by atoms with E-state index in [4.69, 9.17) is 11.0 Å². The van der Waals surface area contributed by atoms with Crippen LogP contribution in [0.5, 0.6) is 0 Å². The summed E-state index contributed by atoms with van der Waals surface area (Å²) in [6.07, 6.45) is 0.478. The smallest absolute Gasteiger partial charge is 0.152 e. The summed E-state index contributed by atoms with van der Waals surface area (Å²) in [6.45, 7) is 3.50. The van der Waals surface area contributed by atoms with Crippen molar-refractivity contribution in [1.82, 2.24) is 9.78 Å². The van der Waals surface area contributed by atoms with Gasteiger partial charge < -0.3 is 5.73 Å². The summed E-state index contributed by atoms with van der Waals surface area (Å²) in [4.78, 5) is 0. The molecule has 1 saturated heterocycles. The molecular formula is C10H14N4O2S. The van der Waals surface area contributed by atoms with Crippen molar-refractivity contribution in [2.75, 3.05) is 17.2 Å². The van der Waals surface area contributed by atoms with Gasteiger partial charge in [-0.1, -0.05) is 0 Å². The van der Waals surface area contributed by atoms with E-state index in [0.717, 1.165) is 0 Å². The number of hydrogen-bond donors (Lipinski definition) is 1. The van der Waals surface area contributed by atoms with Gasteiger partial charge in [-0.3, -0.25) is 0 Å². The summed E-state index contributed by atoms with van der Waals surface area (Å²) in [5.74, 6) is 0.421. The Kier molecular flexibility index (Phi) is 2.43. The van der Waals surface area contributed by atoms with Gasteiger partial charge in [-0.05, 0) is 20.3 Å². The number of nitrogens with two attached hydrogens (primary N) is 1. The first kappa shape index (κ1) is 11.9. The van der Waals surface area contributed by atoms with Crippen LogP contribution < -0.4 is 5.73 Å². The van der Waals surface area contributed by atoms with Crippen molar-refractivity contribution < 1.29 is 8.42 Å². The van der Waals surface area contributed by atoms with Gasteiger partial charge >= 0.3 is 0 Å². The molecule has 1 aliphatic heterocycles. The fourth-order valence-electron chi connectivity index (χ4n) is 2.26. The maximum atomic E-state index is 11.5. The van der Waals surface area contributed by atoms with Gasteiger partial charge in [-0.2, -0.15) is 10.4 Å². The maximum absolute atomic E-state index is 11.5. The Morgan fingerprint density at radius 3 is 2.65 bits per heavy atom. The Labute approximate surface area is 99.9 Å². The summed E-state index contributed by atoms with van der Waals surface area (Å²) in [5, 5.41) is 13.1. The lowest BCUT2D eigenvalue weighted by Crippen LogP contribution is -2.33. The van der Waals surface area contributed by atoms with Gasteiger partial charge in [-0.15, -0.1) is 0 Å². The molecule has 1 aliphatic rings. The Morgan fingerprint density at radius 1 is 1.59 bits per heavy atom. The quantitative estimate of drug-likeness (QED) is 0.770. The van der Waals surface area contributed by atoms with Gasteiger partial charge in [0, 0.05) is 0 Å². The van der Waals surface area contributed by atoms with Crippen molar-refractivity contribution in [3.8, 4) is 6.07 Å². The minimum Gasteiger partial charge on any atom is -0.383 e. The average molecular weight is 254 g/mol. The molecule has 1 aromatic rings. The highest BCUT2D eigenvalue weighted by Crippen LogP contribution is 2.33. The summed E-state index contributed by atoms with van der Waals surface area (Å²) in [7, 11) is -3.03.